The number of nitrogens with zero attached hydrogens (tertiary/aromatic N) is 2. The number of carbonyl (C=O) groups excluding carboxylic acids is 2. The molecular weight excluding hydrogens is 302 g/mol. The van der Waals surface area contributed by atoms with Gasteiger partial charge in [-0.2, -0.15) is 17.4 Å². The van der Waals surface area contributed by atoms with E-state index in [2.05, 4.69) is 14.2 Å². The molecular formula is C11H22N3O6S+. The van der Waals surface area contributed by atoms with E-state index >= 15 is 0 Å². The van der Waals surface area contributed by atoms with Crippen molar-refractivity contribution in [3.63, 3.8) is 0 Å². The molecule has 10 heteroatoms. The zero-order chi connectivity index (χ0) is 16.3. The van der Waals surface area contributed by atoms with Crippen molar-refractivity contribution in [3.05, 3.63) is 0 Å². The van der Waals surface area contributed by atoms with Gasteiger partial charge in [-0.25, -0.2) is 4.79 Å². The van der Waals surface area contributed by atoms with Crippen LogP contribution in [-0.2, 0) is 24.5 Å². The Bertz CT molecular complexity index is 499. The molecule has 0 aromatic carbocycles. The normalized spacial score (nSPS) is 17.5. The number of amides is 1. The third-order valence-corrected chi connectivity index (χ3v) is 4.28. The highest BCUT2D eigenvalue weighted by Crippen LogP contribution is 2.11. The zero-order valence-electron chi connectivity index (χ0n) is 12.7. The Morgan fingerprint density at radius 3 is 2.52 bits per heavy atom. The summed E-state index contributed by atoms with van der Waals surface area (Å²) in [5, 5.41) is 0. The number of nitrogens with one attached hydrogen (secondary N) is 1. The summed E-state index contributed by atoms with van der Waals surface area (Å²) in [6.07, 6.45) is -1.03. The van der Waals surface area contributed by atoms with Crippen LogP contribution in [0, 0.1) is 0 Å². The first kappa shape index (κ1) is 17.7. The number of likely N-dealkylation sites (N-methyl/N-ethyl adjacent to an activating group) is 1. The fraction of sp³-hybridized carbons (Fsp3) is 0.818. The lowest BCUT2D eigenvalue weighted by atomic mass is 10.2. The molecule has 1 amide bonds. The average molecular weight is 324 g/mol. The summed E-state index contributed by atoms with van der Waals surface area (Å²) >= 11 is 0. The number of ether oxygens (including phenoxy) is 2. The lowest BCUT2D eigenvalue weighted by molar-refractivity contribution is -0.871. The first-order chi connectivity index (χ1) is 9.55. The third-order valence-electron chi connectivity index (χ3n) is 2.74. The molecule has 1 N–H and O–H groups in total. The minimum absolute atomic E-state index is 0.0245. The third kappa shape index (κ3) is 5.48. The molecule has 1 saturated heterocycles. The molecule has 1 atom stereocenters. The topological polar surface area (TPSA) is 102 Å². The highest BCUT2D eigenvalue weighted by Gasteiger charge is 2.36. The number of quaternary nitrogens is 1. The molecule has 0 aromatic heterocycles. The van der Waals surface area contributed by atoms with Crippen LogP contribution in [0.4, 0.5) is 4.79 Å². The van der Waals surface area contributed by atoms with Gasteiger partial charge in [0.25, 0.3) is 0 Å². The van der Waals surface area contributed by atoms with Gasteiger partial charge in [-0.15, -0.1) is 0 Å². The van der Waals surface area contributed by atoms with Gasteiger partial charge in [0.15, 0.2) is 0 Å². The fourth-order valence-electron chi connectivity index (χ4n) is 1.96. The van der Waals surface area contributed by atoms with Crippen molar-refractivity contribution in [1.29, 1.82) is 0 Å². The Kier molecular flexibility index (Phi) is 5.54. The first-order valence-electron chi connectivity index (χ1n) is 6.39. The second-order valence-corrected chi connectivity index (χ2v) is 7.39. The van der Waals surface area contributed by atoms with E-state index in [4.69, 9.17) is 0 Å². The molecule has 1 rings (SSSR count). The predicted molar refractivity (Wildman–Crippen MR) is 73.4 cm³/mol. The highest BCUT2D eigenvalue weighted by molar-refractivity contribution is 7.87. The van der Waals surface area contributed by atoms with Crippen LogP contribution in [0.15, 0.2) is 0 Å². The molecule has 1 aliphatic rings. The number of methoxy groups -OCH3 is 1. The monoisotopic (exact) mass is 324 g/mol. The molecule has 0 radical (unpaired) electrons. The molecule has 1 aliphatic heterocycles. The van der Waals surface area contributed by atoms with Crippen LogP contribution in [-0.4, -0.2) is 83.3 Å². The molecule has 9 nitrogen and oxygen atoms in total. The largest absolute Gasteiger partial charge is 0.469 e. The summed E-state index contributed by atoms with van der Waals surface area (Å²) in [5.74, 6) is -0.528. The number of rotatable bonds is 7. The molecule has 0 saturated carbocycles. The van der Waals surface area contributed by atoms with Crippen molar-refractivity contribution < 1.29 is 32.0 Å². The van der Waals surface area contributed by atoms with Crippen LogP contribution in [0.25, 0.3) is 0 Å². The Morgan fingerprint density at radius 1 is 1.48 bits per heavy atom. The van der Waals surface area contributed by atoms with Crippen LogP contribution in [0.1, 0.15) is 6.42 Å². The average Bonchev–Trinajstić information content (AvgIpc) is 2.73. The van der Waals surface area contributed by atoms with Crippen molar-refractivity contribution in [3.8, 4) is 0 Å². The van der Waals surface area contributed by atoms with E-state index in [0.29, 0.717) is 15.3 Å². The molecule has 0 aromatic rings. The van der Waals surface area contributed by atoms with Crippen molar-refractivity contribution >= 4 is 22.3 Å². The lowest BCUT2D eigenvalue weighted by Crippen LogP contribution is -2.53. The maximum absolute atomic E-state index is 12.2. The highest BCUT2D eigenvalue weighted by atomic mass is 32.2. The van der Waals surface area contributed by atoms with Gasteiger partial charge >= 0.3 is 22.3 Å². The van der Waals surface area contributed by atoms with Crippen LogP contribution in [0.2, 0.25) is 0 Å². The van der Waals surface area contributed by atoms with Gasteiger partial charge in [0.1, 0.15) is 6.61 Å². The lowest BCUT2D eigenvalue weighted by Gasteiger charge is -2.29. The molecule has 1 fully saturated rings. The number of carbonyl (C=O) groups is 2. The first-order valence-corrected chi connectivity index (χ1v) is 7.83. The quantitative estimate of drug-likeness (QED) is 0.472. The van der Waals surface area contributed by atoms with E-state index in [9.17, 15) is 18.0 Å². The zero-order valence-corrected chi connectivity index (χ0v) is 13.5. The summed E-state index contributed by atoms with van der Waals surface area (Å²) in [5.41, 5.74) is 0. The van der Waals surface area contributed by atoms with Crippen LogP contribution < -0.4 is 4.72 Å². The van der Waals surface area contributed by atoms with Crippen LogP contribution in [0.5, 0.6) is 0 Å². The van der Waals surface area contributed by atoms with Gasteiger partial charge in [0.05, 0.1) is 53.8 Å². The van der Waals surface area contributed by atoms with Crippen LogP contribution >= 0.6 is 0 Å². The van der Waals surface area contributed by atoms with Crippen molar-refractivity contribution in [2.45, 2.75) is 12.5 Å². The summed E-state index contributed by atoms with van der Waals surface area (Å²) in [6, 6.07) is -0.684. The van der Waals surface area contributed by atoms with E-state index in [-0.39, 0.29) is 19.6 Å². The molecule has 1 unspecified atom stereocenters. The Morgan fingerprint density at radius 2 is 2.10 bits per heavy atom. The minimum atomic E-state index is -4.04. The van der Waals surface area contributed by atoms with Crippen molar-refractivity contribution in [1.82, 2.24) is 9.03 Å². The Balaban J connectivity index is 2.83. The van der Waals surface area contributed by atoms with E-state index < -0.39 is 28.3 Å². The van der Waals surface area contributed by atoms with Gasteiger partial charge in [0.2, 0.25) is 0 Å². The number of hydrogen-bond acceptors (Lipinski definition) is 6. The number of esters is 1. The van der Waals surface area contributed by atoms with Crippen molar-refractivity contribution in [2.75, 3.05) is 47.9 Å². The summed E-state index contributed by atoms with van der Waals surface area (Å²) in [6.45, 7) is 0.345. The van der Waals surface area contributed by atoms with Gasteiger partial charge in [-0.3, -0.25) is 4.79 Å². The summed E-state index contributed by atoms with van der Waals surface area (Å²) < 4.78 is 36.9. The van der Waals surface area contributed by atoms with E-state index in [1.54, 1.807) is 0 Å². The second-order valence-electron chi connectivity index (χ2n) is 5.76. The van der Waals surface area contributed by atoms with E-state index in [1.807, 2.05) is 21.1 Å². The van der Waals surface area contributed by atoms with E-state index in [1.165, 1.54) is 7.11 Å². The second kappa shape index (κ2) is 6.58. The van der Waals surface area contributed by atoms with Crippen LogP contribution in [0.3, 0.4) is 0 Å². The molecule has 0 bridgehead atoms. The Hall–Kier alpha value is -1.39. The standard InChI is InChI=1S/C11H22N3O6S/c1-14(2,3)8-9(7-10(15)19-4)12-21(17,18)13-5-6-20-11(13)16/h9,12H,5-8H2,1-4H3/q+1. The van der Waals surface area contributed by atoms with Crippen molar-refractivity contribution in [2.24, 2.45) is 0 Å². The maximum atomic E-state index is 12.2. The number of hydrogen-bond donors (Lipinski definition) is 1. The van der Waals surface area contributed by atoms with Gasteiger partial charge < -0.3 is 14.0 Å². The smallest absolute Gasteiger partial charge is 0.424 e. The van der Waals surface area contributed by atoms with E-state index in [0.717, 1.165) is 0 Å². The Labute approximate surface area is 124 Å². The fourth-order valence-corrected chi connectivity index (χ4v) is 3.23. The molecule has 21 heavy (non-hydrogen) atoms. The molecule has 0 spiro atoms. The molecule has 0 aliphatic carbocycles. The summed E-state index contributed by atoms with van der Waals surface area (Å²) in [7, 11) is 2.78. The maximum Gasteiger partial charge on any atom is 0.424 e. The van der Waals surface area contributed by atoms with Gasteiger partial charge in [-0.1, -0.05) is 0 Å². The predicted octanol–water partition coefficient (Wildman–Crippen LogP) is -1.09. The minimum Gasteiger partial charge on any atom is -0.469 e. The number of cyclic esters (lactones) is 1. The van der Waals surface area contributed by atoms with Gasteiger partial charge in [-0.05, 0) is 0 Å². The summed E-state index contributed by atoms with van der Waals surface area (Å²) in [4.78, 5) is 22.8. The molecule has 1 heterocycles. The SMILES string of the molecule is COC(=O)CC(C[N+](C)(C)C)NS(=O)(=O)N1CCOC1=O. The molecule has 122 valence electrons. The van der Waals surface area contributed by atoms with Gasteiger partial charge in [0, 0.05) is 0 Å².